The number of nitrogens with zero attached hydrogens (tertiary/aromatic N) is 3. The van der Waals surface area contributed by atoms with Gasteiger partial charge in [-0.05, 0) is 45.2 Å². The Morgan fingerprint density at radius 2 is 1.65 bits per heavy atom. The van der Waals surface area contributed by atoms with Crippen molar-refractivity contribution in [2.24, 2.45) is 0 Å². The van der Waals surface area contributed by atoms with Gasteiger partial charge in [-0.2, -0.15) is 4.98 Å². The van der Waals surface area contributed by atoms with Crippen LogP contribution in [0, 0.1) is 20.8 Å². The van der Waals surface area contributed by atoms with Gasteiger partial charge < -0.3 is 10.2 Å². The molecule has 0 atom stereocenters. The van der Waals surface area contributed by atoms with E-state index in [1.807, 2.05) is 6.92 Å². The van der Waals surface area contributed by atoms with Gasteiger partial charge in [-0.3, -0.25) is 0 Å². The van der Waals surface area contributed by atoms with Gasteiger partial charge in [0.15, 0.2) is 0 Å². The average molecular weight is 312 g/mol. The van der Waals surface area contributed by atoms with Crippen LogP contribution in [0.3, 0.4) is 0 Å². The van der Waals surface area contributed by atoms with Crippen molar-refractivity contribution < 1.29 is 0 Å². The van der Waals surface area contributed by atoms with Crippen LogP contribution >= 0.6 is 0 Å². The zero-order valence-electron chi connectivity index (χ0n) is 15.0. The van der Waals surface area contributed by atoms with Gasteiger partial charge in [0, 0.05) is 30.5 Å². The molecule has 1 heterocycles. The third-order valence-electron chi connectivity index (χ3n) is 3.78. The molecule has 0 saturated carbocycles. The summed E-state index contributed by atoms with van der Waals surface area (Å²) in [5, 5.41) is 3.37. The Labute approximate surface area is 140 Å². The van der Waals surface area contributed by atoms with Crippen LogP contribution < -0.4 is 10.2 Å². The average Bonchev–Trinajstić information content (AvgIpc) is 2.49. The van der Waals surface area contributed by atoms with E-state index in [9.17, 15) is 0 Å². The van der Waals surface area contributed by atoms with E-state index in [0.29, 0.717) is 5.95 Å². The molecule has 2 rings (SSSR count). The van der Waals surface area contributed by atoms with Gasteiger partial charge >= 0.3 is 0 Å². The van der Waals surface area contributed by atoms with E-state index in [0.717, 1.165) is 43.1 Å². The van der Waals surface area contributed by atoms with Gasteiger partial charge in [0.1, 0.15) is 5.82 Å². The number of hydrogen-bond acceptors (Lipinski definition) is 4. The molecule has 0 bridgehead atoms. The topological polar surface area (TPSA) is 41.1 Å². The van der Waals surface area contributed by atoms with Crippen molar-refractivity contribution in [2.45, 2.75) is 47.5 Å². The molecular formula is C19H28N4. The molecular weight excluding hydrogens is 284 g/mol. The van der Waals surface area contributed by atoms with Gasteiger partial charge in [0.2, 0.25) is 5.95 Å². The van der Waals surface area contributed by atoms with Crippen LogP contribution in [-0.2, 0) is 0 Å². The molecule has 4 nitrogen and oxygen atoms in total. The minimum absolute atomic E-state index is 0.671. The van der Waals surface area contributed by atoms with Crippen LogP contribution in [0.5, 0.6) is 0 Å². The normalized spacial score (nSPS) is 10.7. The van der Waals surface area contributed by atoms with Gasteiger partial charge in [0.05, 0.1) is 0 Å². The minimum Gasteiger partial charge on any atom is -0.356 e. The van der Waals surface area contributed by atoms with Crippen molar-refractivity contribution in [3.8, 4) is 0 Å². The maximum absolute atomic E-state index is 4.73. The summed E-state index contributed by atoms with van der Waals surface area (Å²) in [6, 6.07) is 8.43. The van der Waals surface area contributed by atoms with E-state index < -0.39 is 0 Å². The fraction of sp³-hybridized carbons (Fsp3) is 0.474. The second-order valence-corrected chi connectivity index (χ2v) is 6.12. The Hall–Kier alpha value is -2.10. The first-order valence-corrected chi connectivity index (χ1v) is 8.48. The minimum atomic E-state index is 0.671. The number of aryl methyl sites for hydroxylation is 3. The summed E-state index contributed by atoms with van der Waals surface area (Å²) in [4.78, 5) is 11.6. The van der Waals surface area contributed by atoms with Crippen molar-refractivity contribution in [2.75, 3.05) is 23.3 Å². The van der Waals surface area contributed by atoms with Crippen LogP contribution in [0.25, 0.3) is 0 Å². The maximum atomic E-state index is 4.73. The number of rotatable bonds is 7. The van der Waals surface area contributed by atoms with Gasteiger partial charge in [-0.15, -0.1) is 0 Å². The first-order chi connectivity index (χ1) is 11.0. The molecule has 4 heteroatoms. The Bertz CT molecular complexity index is 646. The molecule has 1 aromatic carbocycles. The highest BCUT2D eigenvalue weighted by Crippen LogP contribution is 2.22. The standard InChI is InChI=1S/C19H28N4/c1-6-10-23(11-7-2)18-13-16(5)20-19(22-18)21-17-9-8-14(3)12-15(17)4/h8-9,12-13H,6-7,10-11H2,1-5H3,(H,20,21,22). The molecule has 0 amide bonds. The van der Waals surface area contributed by atoms with E-state index in [1.54, 1.807) is 0 Å². The highest BCUT2D eigenvalue weighted by atomic mass is 15.2. The fourth-order valence-electron chi connectivity index (χ4n) is 2.72. The van der Waals surface area contributed by atoms with Crippen molar-refractivity contribution in [3.05, 3.63) is 41.1 Å². The van der Waals surface area contributed by atoms with Crippen molar-refractivity contribution in [3.63, 3.8) is 0 Å². The monoisotopic (exact) mass is 312 g/mol. The van der Waals surface area contributed by atoms with Crippen molar-refractivity contribution in [1.29, 1.82) is 0 Å². The highest BCUT2D eigenvalue weighted by Gasteiger charge is 2.10. The number of anilines is 3. The molecule has 0 radical (unpaired) electrons. The SMILES string of the molecule is CCCN(CCC)c1cc(C)nc(Nc2ccc(C)cc2C)n1. The number of hydrogen-bond donors (Lipinski definition) is 1. The summed E-state index contributed by atoms with van der Waals surface area (Å²) in [5.74, 6) is 1.68. The largest absolute Gasteiger partial charge is 0.356 e. The van der Waals surface area contributed by atoms with Crippen LogP contribution in [0.15, 0.2) is 24.3 Å². The zero-order valence-corrected chi connectivity index (χ0v) is 15.0. The summed E-state index contributed by atoms with van der Waals surface area (Å²) in [7, 11) is 0. The highest BCUT2D eigenvalue weighted by molar-refractivity contribution is 5.60. The zero-order chi connectivity index (χ0) is 16.8. The maximum Gasteiger partial charge on any atom is 0.229 e. The number of aromatic nitrogens is 2. The van der Waals surface area contributed by atoms with Gasteiger partial charge in [0.25, 0.3) is 0 Å². The van der Waals surface area contributed by atoms with E-state index in [1.165, 1.54) is 11.1 Å². The molecule has 0 aliphatic carbocycles. The molecule has 0 spiro atoms. The second-order valence-electron chi connectivity index (χ2n) is 6.12. The van der Waals surface area contributed by atoms with Crippen LogP contribution in [-0.4, -0.2) is 23.1 Å². The first-order valence-electron chi connectivity index (χ1n) is 8.48. The Morgan fingerprint density at radius 1 is 0.957 bits per heavy atom. The number of benzene rings is 1. The predicted molar refractivity (Wildman–Crippen MR) is 98.8 cm³/mol. The van der Waals surface area contributed by atoms with Gasteiger partial charge in [-0.25, -0.2) is 4.98 Å². The second kappa shape index (κ2) is 7.95. The van der Waals surface area contributed by atoms with Crippen LogP contribution in [0.2, 0.25) is 0 Å². The molecule has 0 aliphatic rings. The first kappa shape index (κ1) is 17.3. The summed E-state index contributed by atoms with van der Waals surface area (Å²) in [6.07, 6.45) is 2.23. The summed E-state index contributed by atoms with van der Waals surface area (Å²) in [6.45, 7) is 12.7. The van der Waals surface area contributed by atoms with E-state index >= 15 is 0 Å². The molecule has 1 N–H and O–H groups in total. The smallest absolute Gasteiger partial charge is 0.229 e. The number of nitrogens with one attached hydrogen (secondary N) is 1. The molecule has 2 aromatic rings. The molecule has 0 fully saturated rings. The van der Waals surface area contributed by atoms with Crippen molar-refractivity contribution in [1.82, 2.24) is 9.97 Å². The molecule has 0 saturated heterocycles. The quantitative estimate of drug-likeness (QED) is 0.799. The Kier molecular flexibility index (Phi) is 5.97. The summed E-state index contributed by atoms with van der Waals surface area (Å²) in [5.41, 5.74) is 4.51. The molecule has 0 aliphatic heterocycles. The van der Waals surface area contributed by atoms with Crippen molar-refractivity contribution >= 4 is 17.5 Å². The summed E-state index contributed by atoms with van der Waals surface area (Å²) >= 11 is 0. The third kappa shape index (κ3) is 4.68. The van der Waals surface area contributed by atoms with Crippen LogP contribution in [0.4, 0.5) is 17.5 Å². The van der Waals surface area contributed by atoms with E-state index in [-0.39, 0.29) is 0 Å². The van der Waals surface area contributed by atoms with Gasteiger partial charge in [-0.1, -0.05) is 31.5 Å². The lowest BCUT2D eigenvalue weighted by Gasteiger charge is -2.23. The lowest BCUT2D eigenvalue weighted by atomic mass is 10.1. The fourth-order valence-corrected chi connectivity index (χ4v) is 2.72. The third-order valence-corrected chi connectivity index (χ3v) is 3.78. The molecule has 23 heavy (non-hydrogen) atoms. The summed E-state index contributed by atoms with van der Waals surface area (Å²) < 4.78 is 0. The Balaban J connectivity index is 2.28. The predicted octanol–water partition coefficient (Wildman–Crippen LogP) is 4.77. The van der Waals surface area contributed by atoms with Crippen LogP contribution in [0.1, 0.15) is 43.5 Å². The molecule has 1 aromatic heterocycles. The van der Waals surface area contributed by atoms with E-state index in [4.69, 9.17) is 4.98 Å². The lowest BCUT2D eigenvalue weighted by molar-refractivity contribution is 0.732. The Morgan fingerprint density at radius 3 is 2.26 bits per heavy atom. The van der Waals surface area contributed by atoms with E-state index in [2.05, 4.69) is 67.2 Å². The molecule has 124 valence electrons. The lowest BCUT2D eigenvalue weighted by Crippen LogP contribution is -2.26. The molecule has 0 unspecified atom stereocenters.